The molecule has 0 amide bonds. The molecule has 0 bridgehead atoms. The molecule has 2 aromatic rings. The number of nitrogens with two attached hydrogens (primary N) is 1. The molecule has 0 spiro atoms. The SMILES string of the molecule is CCC1CCCCCN1c1nc(N)nc(-n2cncn2)n1. The molecule has 1 atom stereocenters. The van der Waals surface area contributed by atoms with Crippen molar-refractivity contribution < 1.29 is 0 Å². The number of aromatic nitrogens is 6. The minimum atomic E-state index is 0.213. The Morgan fingerprint density at radius 3 is 2.81 bits per heavy atom. The molecule has 1 aliphatic heterocycles. The Balaban J connectivity index is 1.96. The maximum Gasteiger partial charge on any atom is 0.258 e. The molecule has 8 heteroatoms. The van der Waals surface area contributed by atoms with Gasteiger partial charge in [-0.2, -0.15) is 24.7 Å². The summed E-state index contributed by atoms with van der Waals surface area (Å²) < 4.78 is 1.50. The molecule has 1 aliphatic rings. The Kier molecular flexibility index (Phi) is 3.94. The van der Waals surface area contributed by atoms with Gasteiger partial charge in [0, 0.05) is 12.6 Å². The Labute approximate surface area is 123 Å². The van der Waals surface area contributed by atoms with Gasteiger partial charge in [-0.25, -0.2) is 4.98 Å². The molecule has 1 saturated heterocycles. The molecule has 2 N–H and O–H groups in total. The van der Waals surface area contributed by atoms with E-state index in [-0.39, 0.29) is 5.95 Å². The third-order valence-electron chi connectivity index (χ3n) is 3.86. The summed E-state index contributed by atoms with van der Waals surface area (Å²) in [5.74, 6) is 1.26. The molecule has 3 heterocycles. The first kappa shape index (κ1) is 13.7. The van der Waals surface area contributed by atoms with Crippen molar-refractivity contribution in [2.45, 2.75) is 45.1 Å². The van der Waals surface area contributed by atoms with Crippen molar-refractivity contribution in [2.24, 2.45) is 0 Å². The molecule has 0 saturated carbocycles. The lowest BCUT2D eigenvalue weighted by Crippen LogP contribution is -2.36. The van der Waals surface area contributed by atoms with Crippen LogP contribution in [-0.2, 0) is 0 Å². The molecule has 3 rings (SSSR count). The summed E-state index contributed by atoms with van der Waals surface area (Å²) in [6.07, 6.45) is 8.90. The lowest BCUT2D eigenvalue weighted by molar-refractivity contribution is 0.546. The summed E-state index contributed by atoms with van der Waals surface area (Å²) in [6, 6.07) is 0.456. The Morgan fingerprint density at radius 1 is 1.19 bits per heavy atom. The van der Waals surface area contributed by atoms with E-state index in [0.717, 1.165) is 19.4 Å². The van der Waals surface area contributed by atoms with Gasteiger partial charge in [-0.3, -0.25) is 0 Å². The fraction of sp³-hybridized carbons (Fsp3) is 0.615. The van der Waals surface area contributed by atoms with Gasteiger partial charge in [-0.1, -0.05) is 19.8 Å². The van der Waals surface area contributed by atoms with Crippen LogP contribution < -0.4 is 10.6 Å². The maximum atomic E-state index is 5.85. The lowest BCUT2D eigenvalue weighted by Gasteiger charge is -2.29. The zero-order valence-electron chi connectivity index (χ0n) is 12.2. The number of nitrogen functional groups attached to an aromatic ring is 1. The van der Waals surface area contributed by atoms with Crippen LogP contribution in [0.5, 0.6) is 0 Å². The average Bonchev–Trinajstić information content (AvgIpc) is 2.91. The zero-order valence-corrected chi connectivity index (χ0v) is 12.2. The van der Waals surface area contributed by atoms with Crippen LogP contribution in [0.1, 0.15) is 39.0 Å². The summed E-state index contributed by atoms with van der Waals surface area (Å²) >= 11 is 0. The van der Waals surface area contributed by atoms with Crippen molar-refractivity contribution in [3.8, 4) is 5.95 Å². The van der Waals surface area contributed by atoms with Gasteiger partial charge in [0.1, 0.15) is 12.7 Å². The first-order valence-electron chi connectivity index (χ1n) is 7.41. The Bertz CT molecular complexity index is 582. The quantitative estimate of drug-likeness (QED) is 0.905. The van der Waals surface area contributed by atoms with Crippen LogP contribution in [0.2, 0.25) is 0 Å². The molecule has 0 aromatic carbocycles. The molecule has 2 aromatic heterocycles. The predicted molar refractivity (Wildman–Crippen MR) is 79.0 cm³/mol. The van der Waals surface area contributed by atoms with Gasteiger partial charge in [0.2, 0.25) is 11.9 Å². The van der Waals surface area contributed by atoms with E-state index in [1.54, 1.807) is 6.33 Å². The monoisotopic (exact) mass is 288 g/mol. The minimum absolute atomic E-state index is 0.213. The highest BCUT2D eigenvalue weighted by Crippen LogP contribution is 2.23. The van der Waals surface area contributed by atoms with Gasteiger partial charge in [-0.05, 0) is 19.3 Å². The topological polar surface area (TPSA) is 98.6 Å². The highest BCUT2D eigenvalue weighted by molar-refractivity contribution is 5.39. The third-order valence-corrected chi connectivity index (χ3v) is 3.86. The molecular weight excluding hydrogens is 268 g/mol. The van der Waals surface area contributed by atoms with E-state index >= 15 is 0 Å². The van der Waals surface area contributed by atoms with Gasteiger partial charge < -0.3 is 10.6 Å². The first-order chi connectivity index (χ1) is 10.3. The van der Waals surface area contributed by atoms with E-state index in [0.29, 0.717) is 17.9 Å². The van der Waals surface area contributed by atoms with Crippen LogP contribution >= 0.6 is 0 Å². The number of rotatable bonds is 3. The number of hydrogen-bond donors (Lipinski definition) is 1. The van der Waals surface area contributed by atoms with Crippen molar-refractivity contribution in [1.29, 1.82) is 0 Å². The minimum Gasteiger partial charge on any atom is -0.368 e. The molecule has 21 heavy (non-hydrogen) atoms. The first-order valence-corrected chi connectivity index (χ1v) is 7.41. The fourth-order valence-corrected chi connectivity index (χ4v) is 2.78. The van der Waals surface area contributed by atoms with Crippen LogP contribution in [0.3, 0.4) is 0 Å². The van der Waals surface area contributed by atoms with Crippen LogP contribution in [0.25, 0.3) is 5.95 Å². The molecule has 0 radical (unpaired) electrons. The lowest BCUT2D eigenvalue weighted by atomic mass is 10.1. The summed E-state index contributed by atoms with van der Waals surface area (Å²) in [5.41, 5.74) is 5.85. The van der Waals surface area contributed by atoms with Crippen molar-refractivity contribution in [2.75, 3.05) is 17.2 Å². The van der Waals surface area contributed by atoms with Crippen molar-refractivity contribution in [3.63, 3.8) is 0 Å². The molecule has 8 nitrogen and oxygen atoms in total. The number of anilines is 2. The van der Waals surface area contributed by atoms with Gasteiger partial charge in [-0.15, -0.1) is 0 Å². The van der Waals surface area contributed by atoms with E-state index in [4.69, 9.17) is 5.73 Å². The smallest absolute Gasteiger partial charge is 0.258 e. The number of nitrogens with zero attached hydrogens (tertiary/aromatic N) is 7. The van der Waals surface area contributed by atoms with Crippen LogP contribution in [0.4, 0.5) is 11.9 Å². The van der Waals surface area contributed by atoms with Gasteiger partial charge in [0.15, 0.2) is 0 Å². The fourth-order valence-electron chi connectivity index (χ4n) is 2.78. The second-order valence-electron chi connectivity index (χ2n) is 5.24. The predicted octanol–water partition coefficient (Wildman–Crippen LogP) is 1.19. The highest BCUT2D eigenvalue weighted by atomic mass is 15.4. The van der Waals surface area contributed by atoms with E-state index in [1.807, 2.05) is 0 Å². The van der Waals surface area contributed by atoms with Crippen LogP contribution in [0.15, 0.2) is 12.7 Å². The second kappa shape index (κ2) is 6.02. The summed E-state index contributed by atoms with van der Waals surface area (Å²) in [7, 11) is 0. The zero-order chi connectivity index (χ0) is 14.7. The summed E-state index contributed by atoms with van der Waals surface area (Å²) in [6.45, 7) is 3.16. The Morgan fingerprint density at radius 2 is 2.05 bits per heavy atom. The van der Waals surface area contributed by atoms with Gasteiger partial charge in [0.25, 0.3) is 5.95 Å². The molecule has 112 valence electrons. The summed E-state index contributed by atoms with van der Waals surface area (Å²) in [5, 5.41) is 4.05. The van der Waals surface area contributed by atoms with Crippen molar-refractivity contribution in [1.82, 2.24) is 29.7 Å². The van der Waals surface area contributed by atoms with E-state index < -0.39 is 0 Å². The highest BCUT2D eigenvalue weighted by Gasteiger charge is 2.23. The van der Waals surface area contributed by atoms with E-state index in [1.165, 1.54) is 30.3 Å². The molecule has 1 unspecified atom stereocenters. The van der Waals surface area contributed by atoms with E-state index in [9.17, 15) is 0 Å². The van der Waals surface area contributed by atoms with Gasteiger partial charge in [0.05, 0.1) is 0 Å². The molecular formula is C13H20N8. The third kappa shape index (κ3) is 2.93. The largest absolute Gasteiger partial charge is 0.368 e. The normalized spacial score (nSPS) is 19.5. The number of hydrogen-bond acceptors (Lipinski definition) is 7. The maximum absolute atomic E-state index is 5.85. The van der Waals surface area contributed by atoms with Crippen molar-refractivity contribution in [3.05, 3.63) is 12.7 Å². The van der Waals surface area contributed by atoms with Crippen LogP contribution in [-0.4, -0.2) is 42.3 Å². The van der Waals surface area contributed by atoms with Crippen LogP contribution in [0, 0.1) is 0 Å². The summed E-state index contributed by atoms with van der Waals surface area (Å²) in [4.78, 5) is 19.2. The second-order valence-corrected chi connectivity index (χ2v) is 5.24. The van der Waals surface area contributed by atoms with E-state index in [2.05, 4.69) is 36.9 Å². The van der Waals surface area contributed by atoms with Gasteiger partial charge >= 0.3 is 0 Å². The van der Waals surface area contributed by atoms with Crippen molar-refractivity contribution >= 4 is 11.9 Å². The Hall–Kier alpha value is -2.25. The molecule has 0 aliphatic carbocycles. The average molecular weight is 288 g/mol. The standard InChI is InChI=1S/C13H20N8/c1-2-10-6-4-3-5-7-20(10)12-17-11(14)18-13(19-12)21-9-15-8-16-21/h8-10H,2-7H2,1H3,(H2,14,17,18,19). The molecule has 1 fully saturated rings.